The van der Waals surface area contributed by atoms with Gasteiger partial charge >= 0.3 is 6.09 Å². The second-order valence-corrected chi connectivity index (χ2v) is 4.57. The molecule has 0 spiro atoms. The molecule has 0 bridgehead atoms. The topological polar surface area (TPSA) is 84.1 Å². The number of ether oxygens (including phenoxy) is 1. The van der Waals surface area contributed by atoms with Crippen molar-refractivity contribution >= 4 is 22.7 Å². The molecular weight excluding hydrogens is 308 g/mol. The van der Waals surface area contributed by atoms with Gasteiger partial charge < -0.3 is 4.74 Å². The Hall–Kier alpha value is -3.29. The number of hydrogen-bond donors (Lipinski definition) is 2. The van der Waals surface area contributed by atoms with Crippen LogP contribution in [-0.4, -0.2) is 16.3 Å². The van der Waals surface area contributed by atoms with Crippen LogP contribution in [0.3, 0.4) is 0 Å². The Balaban J connectivity index is 1.85. The van der Waals surface area contributed by atoms with E-state index in [4.69, 9.17) is 4.74 Å². The number of benzene rings is 2. The smallest absolute Gasteiger partial charge is 0.385 e. The van der Waals surface area contributed by atoms with Gasteiger partial charge in [-0.05, 0) is 36.4 Å². The van der Waals surface area contributed by atoms with E-state index in [0.29, 0.717) is 5.52 Å². The molecule has 23 heavy (non-hydrogen) atoms. The molecule has 6 nitrogen and oxygen atoms in total. The number of aromatic nitrogens is 2. The van der Waals surface area contributed by atoms with Gasteiger partial charge in [0.1, 0.15) is 11.6 Å². The number of nitrogens with zero attached hydrogens (tertiary/aromatic N) is 1. The van der Waals surface area contributed by atoms with Gasteiger partial charge in [0.25, 0.3) is 11.3 Å². The SMILES string of the molecule is O=C(Nc1cccc(F)c1)Oc1n[nH]c2ccc(F)cc2c1=O. The molecule has 0 radical (unpaired) electrons. The number of aromatic amines is 1. The Morgan fingerprint density at radius 2 is 1.91 bits per heavy atom. The fourth-order valence-corrected chi connectivity index (χ4v) is 1.95. The lowest BCUT2D eigenvalue weighted by molar-refractivity contribution is 0.212. The van der Waals surface area contributed by atoms with Crippen LogP contribution in [0, 0.1) is 11.6 Å². The van der Waals surface area contributed by atoms with Crippen molar-refractivity contribution in [3.63, 3.8) is 0 Å². The number of nitrogens with one attached hydrogen (secondary N) is 2. The Morgan fingerprint density at radius 3 is 2.70 bits per heavy atom. The van der Waals surface area contributed by atoms with E-state index < -0.39 is 29.0 Å². The fourth-order valence-electron chi connectivity index (χ4n) is 1.95. The highest BCUT2D eigenvalue weighted by molar-refractivity contribution is 5.86. The third-order valence-electron chi connectivity index (χ3n) is 2.96. The quantitative estimate of drug-likeness (QED) is 0.761. The molecule has 2 N–H and O–H groups in total. The minimum absolute atomic E-state index is 0.00597. The predicted molar refractivity (Wildman–Crippen MR) is 78.4 cm³/mol. The molecule has 0 saturated heterocycles. The number of carbonyl (C=O) groups excluding carboxylic acids is 1. The van der Waals surface area contributed by atoms with Crippen molar-refractivity contribution in [1.29, 1.82) is 0 Å². The molecule has 116 valence electrons. The molecule has 1 amide bonds. The van der Waals surface area contributed by atoms with Gasteiger partial charge in [0, 0.05) is 5.69 Å². The van der Waals surface area contributed by atoms with Crippen LogP contribution in [-0.2, 0) is 0 Å². The molecule has 3 rings (SSSR count). The molecule has 1 aromatic heterocycles. The second-order valence-electron chi connectivity index (χ2n) is 4.57. The lowest BCUT2D eigenvalue weighted by atomic mass is 10.2. The number of rotatable bonds is 2. The third kappa shape index (κ3) is 3.15. The molecule has 0 aliphatic rings. The molecule has 2 aromatic carbocycles. The van der Waals surface area contributed by atoms with Gasteiger partial charge in [-0.3, -0.25) is 15.2 Å². The summed E-state index contributed by atoms with van der Waals surface area (Å²) in [7, 11) is 0. The van der Waals surface area contributed by atoms with Crippen LogP contribution in [0.5, 0.6) is 5.88 Å². The van der Waals surface area contributed by atoms with E-state index in [1.54, 1.807) is 0 Å². The molecule has 0 aliphatic heterocycles. The number of carbonyl (C=O) groups is 1. The highest BCUT2D eigenvalue weighted by atomic mass is 19.1. The normalized spacial score (nSPS) is 10.5. The third-order valence-corrected chi connectivity index (χ3v) is 2.96. The van der Waals surface area contributed by atoms with E-state index in [1.165, 1.54) is 24.3 Å². The van der Waals surface area contributed by atoms with E-state index in [2.05, 4.69) is 15.5 Å². The van der Waals surface area contributed by atoms with Crippen molar-refractivity contribution in [3.8, 4) is 5.88 Å². The van der Waals surface area contributed by atoms with E-state index >= 15 is 0 Å². The molecule has 0 atom stereocenters. The second kappa shape index (κ2) is 5.84. The lowest BCUT2D eigenvalue weighted by Crippen LogP contribution is -2.22. The van der Waals surface area contributed by atoms with Gasteiger partial charge in [0.15, 0.2) is 0 Å². The average molecular weight is 317 g/mol. The van der Waals surface area contributed by atoms with Crippen molar-refractivity contribution in [2.45, 2.75) is 0 Å². The molecule has 0 unspecified atom stereocenters. The maximum Gasteiger partial charge on any atom is 0.418 e. The lowest BCUT2D eigenvalue weighted by Gasteiger charge is -2.06. The first-order valence-corrected chi connectivity index (χ1v) is 6.45. The molecular formula is C15H9F2N3O3. The molecule has 0 aliphatic carbocycles. The van der Waals surface area contributed by atoms with Crippen LogP contribution in [0.1, 0.15) is 0 Å². The highest BCUT2D eigenvalue weighted by Gasteiger charge is 2.13. The van der Waals surface area contributed by atoms with Gasteiger partial charge in [-0.1, -0.05) is 6.07 Å². The van der Waals surface area contributed by atoms with Crippen LogP contribution < -0.4 is 15.5 Å². The number of fused-ring (bicyclic) bond motifs is 1. The summed E-state index contributed by atoms with van der Waals surface area (Å²) in [5.74, 6) is -1.69. The summed E-state index contributed by atoms with van der Waals surface area (Å²) in [5.41, 5.74) is -0.291. The van der Waals surface area contributed by atoms with Gasteiger partial charge in [-0.15, -0.1) is 5.10 Å². The summed E-state index contributed by atoms with van der Waals surface area (Å²) in [5, 5.41) is 8.35. The largest absolute Gasteiger partial charge is 0.418 e. The number of halogens is 2. The Labute approximate surface area is 127 Å². The van der Waals surface area contributed by atoms with Gasteiger partial charge in [0.2, 0.25) is 0 Å². The number of amides is 1. The summed E-state index contributed by atoms with van der Waals surface area (Å²) in [6, 6.07) is 8.64. The van der Waals surface area contributed by atoms with E-state index in [9.17, 15) is 18.4 Å². The predicted octanol–water partition coefficient (Wildman–Crippen LogP) is 2.81. The first kappa shape index (κ1) is 14.6. The van der Waals surface area contributed by atoms with Crippen molar-refractivity contribution in [2.24, 2.45) is 0 Å². The van der Waals surface area contributed by atoms with E-state index in [0.717, 1.165) is 18.2 Å². The Kier molecular flexibility index (Phi) is 3.71. The van der Waals surface area contributed by atoms with Crippen molar-refractivity contribution in [2.75, 3.05) is 5.32 Å². The summed E-state index contributed by atoms with van der Waals surface area (Å²) >= 11 is 0. The Bertz CT molecular complexity index is 956. The minimum Gasteiger partial charge on any atom is -0.385 e. The molecule has 8 heteroatoms. The van der Waals surface area contributed by atoms with Crippen LogP contribution in [0.4, 0.5) is 19.3 Å². The summed E-state index contributed by atoms with van der Waals surface area (Å²) < 4.78 is 31.0. The Morgan fingerprint density at radius 1 is 1.13 bits per heavy atom. The molecule has 0 fully saturated rings. The summed E-state index contributed by atoms with van der Waals surface area (Å²) in [4.78, 5) is 23.8. The molecule has 3 aromatic rings. The van der Waals surface area contributed by atoms with Crippen molar-refractivity contribution in [1.82, 2.24) is 10.2 Å². The first-order chi connectivity index (χ1) is 11.0. The highest BCUT2D eigenvalue weighted by Crippen LogP contribution is 2.13. The zero-order valence-electron chi connectivity index (χ0n) is 11.5. The van der Waals surface area contributed by atoms with E-state index in [1.807, 2.05) is 0 Å². The van der Waals surface area contributed by atoms with Gasteiger partial charge in [0.05, 0.1) is 10.9 Å². The number of H-pyrrole nitrogens is 1. The van der Waals surface area contributed by atoms with E-state index in [-0.39, 0.29) is 11.1 Å². The summed E-state index contributed by atoms with van der Waals surface area (Å²) in [6.45, 7) is 0. The van der Waals surface area contributed by atoms with Gasteiger partial charge in [-0.2, -0.15) is 0 Å². The zero-order chi connectivity index (χ0) is 16.4. The summed E-state index contributed by atoms with van der Waals surface area (Å²) in [6.07, 6.45) is -1.02. The molecule has 0 saturated carbocycles. The fraction of sp³-hybridized carbons (Fsp3) is 0. The number of anilines is 1. The molecule has 1 heterocycles. The van der Waals surface area contributed by atoms with Crippen molar-refractivity contribution in [3.05, 3.63) is 64.3 Å². The van der Waals surface area contributed by atoms with Crippen LogP contribution in [0.15, 0.2) is 47.3 Å². The standard InChI is InChI=1S/C15H9F2N3O3/c16-8-2-1-3-10(6-8)18-15(22)23-14-13(21)11-7-9(17)4-5-12(11)19-20-14/h1-7H,(H,18,22)(H,19,21). The number of hydrogen-bond acceptors (Lipinski definition) is 4. The maximum absolute atomic E-state index is 13.2. The van der Waals surface area contributed by atoms with Crippen LogP contribution in [0.2, 0.25) is 0 Å². The zero-order valence-corrected chi connectivity index (χ0v) is 11.5. The van der Waals surface area contributed by atoms with Gasteiger partial charge in [-0.25, -0.2) is 13.6 Å². The van der Waals surface area contributed by atoms with Crippen molar-refractivity contribution < 1.29 is 18.3 Å². The van der Waals surface area contributed by atoms with Crippen LogP contribution >= 0.6 is 0 Å². The first-order valence-electron chi connectivity index (χ1n) is 6.45. The minimum atomic E-state index is -1.02. The maximum atomic E-state index is 13.2. The van der Waals surface area contributed by atoms with Crippen LogP contribution in [0.25, 0.3) is 10.9 Å². The monoisotopic (exact) mass is 317 g/mol. The average Bonchev–Trinajstić information content (AvgIpc) is 2.50.